The Balaban J connectivity index is 2.96. The normalized spacial score (nSPS) is 12.8. The first-order valence-corrected chi connectivity index (χ1v) is 11.2. The van der Waals surface area contributed by atoms with E-state index < -0.39 is 29.7 Å². The van der Waals surface area contributed by atoms with E-state index in [0.29, 0.717) is 25.8 Å². The highest BCUT2D eigenvalue weighted by Crippen LogP contribution is 2.15. The summed E-state index contributed by atoms with van der Waals surface area (Å²) in [5.74, 6) is -0.871. The van der Waals surface area contributed by atoms with Gasteiger partial charge in [-0.25, -0.2) is 4.79 Å². The van der Waals surface area contributed by atoms with Gasteiger partial charge in [-0.1, -0.05) is 30.3 Å². The molecule has 4 amide bonds. The monoisotopic (exact) mass is 462 g/mol. The molecule has 9 nitrogen and oxygen atoms in total. The number of ether oxygens (including phenoxy) is 1. The second-order valence-electron chi connectivity index (χ2n) is 8.95. The predicted molar refractivity (Wildman–Crippen MR) is 126 cm³/mol. The third-order valence-electron chi connectivity index (χ3n) is 4.90. The number of nitrogens with zero attached hydrogens (tertiary/aromatic N) is 1. The molecule has 2 atom stereocenters. The zero-order chi connectivity index (χ0) is 25.0. The van der Waals surface area contributed by atoms with Gasteiger partial charge in [0.05, 0.1) is 0 Å². The lowest BCUT2D eigenvalue weighted by Gasteiger charge is -2.31. The Kier molecular flexibility index (Phi) is 11.4. The van der Waals surface area contributed by atoms with E-state index in [4.69, 9.17) is 4.74 Å². The molecule has 0 fully saturated rings. The Labute approximate surface area is 196 Å². The van der Waals surface area contributed by atoms with Crippen molar-refractivity contribution >= 4 is 23.8 Å². The fraction of sp³-hybridized carbons (Fsp3) is 0.583. The molecule has 0 saturated carbocycles. The molecule has 0 spiro atoms. The number of benzene rings is 1. The van der Waals surface area contributed by atoms with Gasteiger partial charge < -0.3 is 20.7 Å². The molecule has 33 heavy (non-hydrogen) atoms. The fourth-order valence-corrected chi connectivity index (χ4v) is 3.15. The van der Waals surface area contributed by atoms with Crippen LogP contribution >= 0.6 is 0 Å². The van der Waals surface area contributed by atoms with E-state index in [0.717, 1.165) is 5.56 Å². The lowest BCUT2D eigenvalue weighted by molar-refractivity contribution is -0.131. The van der Waals surface area contributed by atoms with Gasteiger partial charge in [0.2, 0.25) is 17.7 Å². The summed E-state index contributed by atoms with van der Waals surface area (Å²) in [6, 6.07) is 7.72. The Morgan fingerprint density at radius 2 is 1.67 bits per heavy atom. The third-order valence-corrected chi connectivity index (χ3v) is 4.90. The van der Waals surface area contributed by atoms with Crippen LogP contribution in [0.5, 0.6) is 0 Å². The van der Waals surface area contributed by atoms with Crippen molar-refractivity contribution in [2.24, 2.45) is 0 Å². The van der Waals surface area contributed by atoms with E-state index in [1.165, 1.54) is 25.9 Å². The average Bonchev–Trinajstić information content (AvgIpc) is 2.74. The van der Waals surface area contributed by atoms with Crippen molar-refractivity contribution in [2.75, 3.05) is 20.6 Å². The first kappa shape index (κ1) is 27.9. The Hall–Kier alpha value is -3.10. The van der Waals surface area contributed by atoms with E-state index >= 15 is 0 Å². The first-order chi connectivity index (χ1) is 15.4. The molecule has 0 saturated heterocycles. The molecular weight excluding hydrogens is 424 g/mol. The molecule has 1 aromatic rings. The number of unbranched alkanes of at least 4 members (excludes halogenated alkanes) is 1. The highest BCUT2D eigenvalue weighted by atomic mass is 16.6. The van der Waals surface area contributed by atoms with Crippen LogP contribution in [-0.2, 0) is 25.5 Å². The number of hydrogen-bond acceptors (Lipinski definition) is 5. The Morgan fingerprint density at radius 3 is 2.21 bits per heavy atom. The minimum Gasteiger partial charge on any atom is -0.444 e. The summed E-state index contributed by atoms with van der Waals surface area (Å²) < 4.78 is 5.45. The van der Waals surface area contributed by atoms with Gasteiger partial charge in [0.25, 0.3) is 0 Å². The molecule has 0 aliphatic heterocycles. The summed E-state index contributed by atoms with van der Waals surface area (Å²) in [6.07, 6.45) is 1.35. The van der Waals surface area contributed by atoms with Crippen LogP contribution < -0.4 is 16.0 Å². The number of carbonyl (C=O) groups is 4. The van der Waals surface area contributed by atoms with Crippen LogP contribution in [0.25, 0.3) is 0 Å². The summed E-state index contributed by atoms with van der Waals surface area (Å²) in [7, 11) is 3.02. The second-order valence-corrected chi connectivity index (χ2v) is 8.95. The zero-order valence-electron chi connectivity index (χ0n) is 20.6. The topological polar surface area (TPSA) is 117 Å². The predicted octanol–water partition coefficient (Wildman–Crippen LogP) is 2.00. The quantitative estimate of drug-likeness (QED) is 0.435. The molecule has 0 aliphatic carbocycles. The number of amides is 4. The van der Waals surface area contributed by atoms with Crippen molar-refractivity contribution < 1.29 is 23.9 Å². The van der Waals surface area contributed by atoms with Gasteiger partial charge in [-0.05, 0) is 45.6 Å². The molecule has 9 heteroatoms. The lowest BCUT2D eigenvalue weighted by Crippen LogP contribution is -2.55. The molecule has 0 radical (unpaired) electrons. The van der Waals surface area contributed by atoms with Crippen molar-refractivity contribution in [3.8, 4) is 0 Å². The number of carbonyl (C=O) groups excluding carboxylic acids is 4. The number of nitrogens with one attached hydrogen (secondary N) is 3. The van der Waals surface area contributed by atoms with E-state index in [9.17, 15) is 19.2 Å². The summed E-state index contributed by atoms with van der Waals surface area (Å²) in [5.41, 5.74) is 0.164. The number of likely N-dealkylation sites (N-methyl/N-ethyl adjacent to an activating group) is 2. The number of hydrogen-bond donors (Lipinski definition) is 3. The second kappa shape index (κ2) is 13.4. The van der Waals surface area contributed by atoms with Crippen LogP contribution in [0.1, 0.15) is 52.5 Å². The van der Waals surface area contributed by atoms with Crippen LogP contribution in [-0.4, -0.2) is 67.0 Å². The van der Waals surface area contributed by atoms with E-state index in [1.54, 1.807) is 20.8 Å². The molecule has 184 valence electrons. The maximum atomic E-state index is 13.3. The van der Waals surface area contributed by atoms with E-state index in [2.05, 4.69) is 16.0 Å². The smallest absolute Gasteiger partial charge is 0.410 e. The van der Waals surface area contributed by atoms with Crippen molar-refractivity contribution in [3.05, 3.63) is 35.9 Å². The SMILES string of the molecule is CNC(=O)C(CCCCNC(C)=O)NC(=O)[C@@H](Cc1ccccc1)N(C)C(=O)OC(C)(C)C. The largest absolute Gasteiger partial charge is 0.444 e. The van der Waals surface area contributed by atoms with Crippen molar-refractivity contribution in [2.45, 2.75) is 71.1 Å². The maximum absolute atomic E-state index is 13.3. The minimum atomic E-state index is -0.867. The maximum Gasteiger partial charge on any atom is 0.410 e. The number of rotatable bonds is 11. The molecule has 0 aliphatic rings. The van der Waals surface area contributed by atoms with Crippen LogP contribution in [0.15, 0.2) is 30.3 Å². The summed E-state index contributed by atoms with van der Waals surface area (Å²) in [6.45, 7) is 7.22. The standard InChI is InChI=1S/C24H38N4O5/c1-17(29)26-15-11-10-14-19(21(30)25-5)27-22(31)20(16-18-12-8-7-9-13-18)28(6)23(32)33-24(2,3)4/h7-9,12-13,19-20H,10-11,14-16H2,1-6H3,(H,25,30)(H,26,29)(H,27,31)/t19?,20-/m1/s1. The van der Waals surface area contributed by atoms with Crippen molar-refractivity contribution in [1.29, 1.82) is 0 Å². The molecule has 3 N–H and O–H groups in total. The summed E-state index contributed by atoms with van der Waals surface area (Å²) in [4.78, 5) is 50.6. The minimum absolute atomic E-state index is 0.111. The van der Waals surface area contributed by atoms with Gasteiger partial charge in [-0.3, -0.25) is 19.3 Å². The van der Waals surface area contributed by atoms with Crippen molar-refractivity contribution in [3.63, 3.8) is 0 Å². The van der Waals surface area contributed by atoms with Crippen molar-refractivity contribution in [1.82, 2.24) is 20.9 Å². The van der Waals surface area contributed by atoms with Gasteiger partial charge in [-0.15, -0.1) is 0 Å². The lowest BCUT2D eigenvalue weighted by atomic mass is 10.0. The van der Waals surface area contributed by atoms with Crippen LogP contribution in [0.4, 0.5) is 4.79 Å². The van der Waals surface area contributed by atoms with Crippen LogP contribution in [0.3, 0.4) is 0 Å². The molecular formula is C24H38N4O5. The van der Waals surface area contributed by atoms with E-state index in [-0.39, 0.29) is 18.2 Å². The Bertz CT molecular complexity index is 792. The Morgan fingerprint density at radius 1 is 1.03 bits per heavy atom. The summed E-state index contributed by atoms with van der Waals surface area (Å²) in [5, 5.41) is 8.08. The van der Waals surface area contributed by atoms with Gasteiger partial charge in [0.1, 0.15) is 17.7 Å². The summed E-state index contributed by atoms with van der Waals surface area (Å²) >= 11 is 0. The highest BCUT2D eigenvalue weighted by Gasteiger charge is 2.32. The van der Waals surface area contributed by atoms with Gasteiger partial charge in [-0.2, -0.15) is 0 Å². The zero-order valence-corrected chi connectivity index (χ0v) is 20.6. The molecule has 1 rings (SSSR count). The molecule has 1 aromatic carbocycles. The van der Waals surface area contributed by atoms with Gasteiger partial charge in [0, 0.05) is 34.0 Å². The molecule has 0 aromatic heterocycles. The van der Waals surface area contributed by atoms with E-state index in [1.807, 2.05) is 30.3 Å². The third kappa shape index (κ3) is 10.9. The van der Waals surface area contributed by atoms with Gasteiger partial charge in [0.15, 0.2) is 0 Å². The first-order valence-electron chi connectivity index (χ1n) is 11.2. The molecule has 1 unspecified atom stereocenters. The van der Waals surface area contributed by atoms with Gasteiger partial charge >= 0.3 is 6.09 Å². The fourth-order valence-electron chi connectivity index (χ4n) is 3.15. The highest BCUT2D eigenvalue weighted by molar-refractivity contribution is 5.91. The molecule has 0 bridgehead atoms. The molecule has 0 heterocycles. The van der Waals surface area contributed by atoms with Crippen LogP contribution in [0.2, 0.25) is 0 Å². The average molecular weight is 463 g/mol. The van der Waals surface area contributed by atoms with Crippen LogP contribution in [0, 0.1) is 0 Å².